The average Bonchev–Trinajstić information content (AvgIpc) is 3.29. The summed E-state index contributed by atoms with van der Waals surface area (Å²) in [4.78, 5) is 12.4. The molecule has 0 aliphatic carbocycles. The Balaban J connectivity index is 1.56. The fourth-order valence-electron chi connectivity index (χ4n) is 5.43. The minimum Gasteiger partial charge on any atom is -0.493 e. The van der Waals surface area contributed by atoms with E-state index in [9.17, 15) is 4.79 Å². The van der Waals surface area contributed by atoms with Crippen LogP contribution >= 0.6 is 0 Å². The second kappa shape index (κ2) is 7.60. The lowest BCUT2D eigenvalue weighted by molar-refractivity contribution is 0.121. The Morgan fingerprint density at radius 3 is 2.43 bits per heavy atom. The molecule has 0 unspecified atom stereocenters. The topological polar surface area (TPSA) is 66.5 Å². The first-order chi connectivity index (χ1) is 17.2. The molecule has 0 saturated heterocycles. The molecular formula is C29H22N2O4. The molecule has 0 N–H and O–H groups in total. The van der Waals surface area contributed by atoms with Crippen LogP contribution in [0.4, 0.5) is 0 Å². The van der Waals surface area contributed by atoms with E-state index in [1.807, 2.05) is 72.3 Å². The van der Waals surface area contributed by atoms with Gasteiger partial charge in [0.05, 0.1) is 24.5 Å². The van der Waals surface area contributed by atoms with Crippen molar-refractivity contribution in [2.75, 3.05) is 13.2 Å². The largest absolute Gasteiger partial charge is 0.493 e. The molecule has 6 nitrogen and oxygen atoms in total. The molecule has 5 aromatic rings. The van der Waals surface area contributed by atoms with E-state index < -0.39 is 0 Å². The molecule has 4 heterocycles. The number of nitrogens with zero attached hydrogens (tertiary/aromatic N) is 2. The molecule has 35 heavy (non-hydrogen) atoms. The first-order valence-corrected chi connectivity index (χ1v) is 11.8. The third-order valence-electron chi connectivity index (χ3n) is 7.02. The molecule has 0 amide bonds. The van der Waals surface area contributed by atoms with Gasteiger partial charge in [0.1, 0.15) is 17.0 Å². The fourth-order valence-corrected chi connectivity index (χ4v) is 5.43. The molecule has 0 fully saturated rings. The number of ether oxygens (including phenoxy) is 2. The van der Waals surface area contributed by atoms with E-state index in [1.54, 1.807) is 0 Å². The van der Waals surface area contributed by atoms with Crippen molar-refractivity contribution in [1.82, 2.24) is 9.78 Å². The van der Waals surface area contributed by atoms with Gasteiger partial charge in [0.2, 0.25) is 5.88 Å². The Morgan fingerprint density at radius 2 is 1.63 bits per heavy atom. The van der Waals surface area contributed by atoms with Crippen molar-refractivity contribution in [1.29, 1.82) is 0 Å². The van der Waals surface area contributed by atoms with Crippen molar-refractivity contribution in [3.63, 3.8) is 0 Å². The van der Waals surface area contributed by atoms with E-state index in [0.29, 0.717) is 18.8 Å². The van der Waals surface area contributed by atoms with E-state index in [1.165, 1.54) is 6.07 Å². The summed E-state index contributed by atoms with van der Waals surface area (Å²) in [5.74, 6) is 1.43. The van der Waals surface area contributed by atoms with Crippen molar-refractivity contribution in [2.24, 2.45) is 5.92 Å². The van der Waals surface area contributed by atoms with E-state index in [-0.39, 0.29) is 17.5 Å². The summed E-state index contributed by atoms with van der Waals surface area (Å²) in [5.41, 5.74) is 5.80. The molecule has 0 saturated carbocycles. The van der Waals surface area contributed by atoms with Gasteiger partial charge in [0.25, 0.3) is 0 Å². The highest BCUT2D eigenvalue weighted by Crippen LogP contribution is 2.53. The molecule has 7 rings (SSSR count). The molecule has 2 aromatic heterocycles. The van der Waals surface area contributed by atoms with Crippen LogP contribution in [-0.4, -0.2) is 23.0 Å². The minimum absolute atomic E-state index is 0.0577. The number of hydrogen-bond acceptors (Lipinski definition) is 5. The third kappa shape index (κ3) is 3.03. The Bertz CT molecular complexity index is 1640. The first-order valence-electron chi connectivity index (χ1n) is 11.8. The van der Waals surface area contributed by atoms with E-state index >= 15 is 0 Å². The number of hydrogen-bond donors (Lipinski definition) is 0. The molecule has 2 aliphatic rings. The normalized spacial score (nSPS) is 18.2. The fraction of sp³-hybridized carbons (Fsp3) is 0.172. The van der Waals surface area contributed by atoms with Crippen LogP contribution in [0.15, 0.2) is 88.1 Å². The molecule has 0 bridgehead atoms. The Hall–Kier alpha value is -4.32. The van der Waals surface area contributed by atoms with Gasteiger partial charge in [-0.05, 0) is 36.8 Å². The van der Waals surface area contributed by atoms with Crippen LogP contribution in [0.3, 0.4) is 0 Å². The van der Waals surface area contributed by atoms with E-state index in [4.69, 9.17) is 19.0 Å². The van der Waals surface area contributed by atoms with E-state index in [0.717, 1.165) is 50.7 Å². The van der Waals surface area contributed by atoms with Gasteiger partial charge < -0.3 is 13.9 Å². The Labute approximate surface area is 201 Å². The maximum atomic E-state index is 12.4. The van der Waals surface area contributed by atoms with Gasteiger partial charge in [0, 0.05) is 34.4 Å². The lowest BCUT2D eigenvalue weighted by Gasteiger charge is -2.37. The molecule has 0 spiro atoms. The summed E-state index contributed by atoms with van der Waals surface area (Å²) in [6, 6.07) is 25.7. The molecule has 6 heteroatoms. The third-order valence-corrected chi connectivity index (χ3v) is 7.02. The molecule has 0 radical (unpaired) electrons. The Morgan fingerprint density at radius 1 is 0.886 bits per heavy atom. The van der Waals surface area contributed by atoms with Crippen LogP contribution < -0.4 is 15.1 Å². The van der Waals surface area contributed by atoms with Crippen LogP contribution in [0.5, 0.6) is 11.6 Å². The second-order valence-electron chi connectivity index (χ2n) is 9.14. The number of fused-ring (bicyclic) bond motifs is 7. The van der Waals surface area contributed by atoms with Gasteiger partial charge >= 0.3 is 5.63 Å². The van der Waals surface area contributed by atoms with Crippen molar-refractivity contribution in [2.45, 2.75) is 12.8 Å². The highest BCUT2D eigenvalue weighted by Gasteiger charge is 2.44. The average molecular weight is 463 g/mol. The zero-order valence-corrected chi connectivity index (χ0v) is 19.1. The molecule has 2 aliphatic heterocycles. The van der Waals surface area contributed by atoms with Crippen molar-refractivity contribution in [3.05, 3.63) is 106 Å². The minimum atomic E-state index is -0.360. The van der Waals surface area contributed by atoms with E-state index in [2.05, 4.69) is 12.1 Å². The summed E-state index contributed by atoms with van der Waals surface area (Å²) < 4.78 is 20.3. The van der Waals surface area contributed by atoms with Gasteiger partial charge in [-0.2, -0.15) is 5.10 Å². The second-order valence-corrected chi connectivity index (χ2v) is 9.14. The van der Waals surface area contributed by atoms with Crippen LogP contribution in [0, 0.1) is 12.8 Å². The van der Waals surface area contributed by atoms with Crippen LogP contribution in [-0.2, 0) is 0 Å². The smallest absolute Gasteiger partial charge is 0.336 e. The van der Waals surface area contributed by atoms with Gasteiger partial charge in [-0.3, -0.25) is 0 Å². The van der Waals surface area contributed by atoms with Gasteiger partial charge in [-0.25, -0.2) is 9.48 Å². The molecule has 2 atom stereocenters. The monoisotopic (exact) mass is 462 g/mol. The highest BCUT2D eigenvalue weighted by atomic mass is 16.5. The van der Waals surface area contributed by atoms with Gasteiger partial charge in [-0.15, -0.1) is 0 Å². The van der Waals surface area contributed by atoms with Crippen molar-refractivity contribution in [3.8, 4) is 28.6 Å². The standard InChI is InChI=1S/C29H22N2O4/c1-17-14-23(32)35-28-21(17)12-13-22-25(28)24-19(15-33-22)16-34-29-26(24)27(18-8-4-2-5-9-18)30-31(29)20-10-6-3-7-11-20/h2-14,19,24H,15-16H2,1H3/t19-,24+/m1/s1. The maximum absolute atomic E-state index is 12.4. The quantitative estimate of drug-likeness (QED) is 0.325. The number of para-hydroxylation sites is 1. The lowest BCUT2D eigenvalue weighted by Crippen LogP contribution is -2.35. The maximum Gasteiger partial charge on any atom is 0.336 e. The van der Waals surface area contributed by atoms with Crippen molar-refractivity contribution >= 4 is 11.0 Å². The van der Waals surface area contributed by atoms with Gasteiger partial charge in [-0.1, -0.05) is 48.5 Å². The number of aryl methyl sites for hydroxylation is 1. The zero-order valence-electron chi connectivity index (χ0n) is 19.1. The summed E-state index contributed by atoms with van der Waals surface area (Å²) >= 11 is 0. The summed E-state index contributed by atoms with van der Waals surface area (Å²) in [5, 5.41) is 5.98. The first kappa shape index (κ1) is 20.1. The van der Waals surface area contributed by atoms with Crippen LogP contribution in [0.25, 0.3) is 27.9 Å². The predicted molar refractivity (Wildman–Crippen MR) is 133 cm³/mol. The van der Waals surface area contributed by atoms with Crippen LogP contribution in [0.2, 0.25) is 0 Å². The predicted octanol–water partition coefficient (Wildman–Crippen LogP) is 5.49. The molecular weight excluding hydrogens is 440 g/mol. The molecule has 3 aromatic carbocycles. The van der Waals surface area contributed by atoms with Crippen molar-refractivity contribution < 1.29 is 13.9 Å². The number of rotatable bonds is 2. The summed E-state index contributed by atoms with van der Waals surface area (Å²) in [7, 11) is 0. The Kier molecular flexibility index (Phi) is 4.36. The highest BCUT2D eigenvalue weighted by molar-refractivity contribution is 5.87. The summed E-state index contributed by atoms with van der Waals surface area (Å²) in [6.45, 7) is 2.94. The number of aromatic nitrogens is 2. The lowest BCUT2D eigenvalue weighted by atomic mass is 9.76. The number of benzene rings is 3. The van der Waals surface area contributed by atoms with Gasteiger partial charge in [0.15, 0.2) is 0 Å². The summed E-state index contributed by atoms with van der Waals surface area (Å²) in [6.07, 6.45) is 0. The molecule has 172 valence electrons. The van der Waals surface area contributed by atoms with Crippen LogP contribution in [0.1, 0.15) is 22.6 Å². The zero-order chi connectivity index (χ0) is 23.5. The SMILES string of the molecule is Cc1cc(=O)oc2c3c(ccc12)OC[C@@H]1COc2c(c(-c4ccccc4)nn2-c2ccccc2)[C@H]31.